The quantitative estimate of drug-likeness (QED) is 0.818. The van der Waals surface area contributed by atoms with Crippen molar-refractivity contribution in [3.05, 3.63) is 0 Å². The van der Waals surface area contributed by atoms with Gasteiger partial charge in [0.2, 0.25) is 0 Å². The normalized spacial score (nSPS) is 34.3. The van der Waals surface area contributed by atoms with Gasteiger partial charge in [0, 0.05) is 31.2 Å². The molecule has 3 unspecified atom stereocenters. The van der Waals surface area contributed by atoms with Gasteiger partial charge < -0.3 is 10.4 Å². The van der Waals surface area contributed by atoms with Crippen LogP contribution in [0.4, 0.5) is 0 Å². The summed E-state index contributed by atoms with van der Waals surface area (Å²) < 4.78 is 0. The van der Waals surface area contributed by atoms with Gasteiger partial charge in [-0.05, 0) is 50.4 Å². The molecule has 3 aliphatic rings. The molecule has 2 saturated carbocycles. The molecule has 0 aromatic rings. The van der Waals surface area contributed by atoms with Gasteiger partial charge in [-0.15, -0.1) is 0 Å². The fraction of sp³-hybridized carbons (Fsp3) is 1.00. The first kappa shape index (κ1) is 15.8. The number of aliphatic hydroxyl groups is 1. The Morgan fingerprint density at radius 2 is 1.62 bits per heavy atom. The predicted octanol–water partition coefficient (Wildman–Crippen LogP) is 2.78. The predicted molar refractivity (Wildman–Crippen MR) is 87.3 cm³/mol. The van der Waals surface area contributed by atoms with Crippen molar-refractivity contribution in [2.45, 2.75) is 89.4 Å². The highest BCUT2D eigenvalue weighted by Crippen LogP contribution is 2.36. The lowest BCUT2D eigenvalue weighted by molar-refractivity contribution is 0.00609. The van der Waals surface area contributed by atoms with Gasteiger partial charge in [0.1, 0.15) is 0 Å². The Morgan fingerprint density at radius 3 is 2.19 bits per heavy atom. The van der Waals surface area contributed by atoms with Crippen LogP contribution in [-0.2, 0) is 0 Å². The van der Waals surface area contributed by atoms with Gasteiger partial charge in [0.05, 0.1) is 6.10 Å². The topological polar surface area (TPSA) is 35.5 Å². The summed E-state index contributed by atoms with van der Waals surface area (Å²) in [5.41, 5.74) is 0. The Morgan fingerprint density at radius 1 is 0.952 bits per heavy atom. The van der Waals surface area contributed by atoms with Gasteiger partial charge in [0.25, 0.3) is 0 Å². The third kappa shape index (κ3) is 4.00. The zero-order chi connectivity index (χ0) is 14.8. The van der Waals surface area contributed by atoms with E-state index >= 15 is 0 Å². The van der Waals surface area contributed by atoms with Crippen LogP contribution in [0.2, 0.25) is 0 Å². The molecular weight excluding hydrogens is 260 g/mol. The minimum atomic E-state index is -0.0712. The summed E-state index contributed by atoms with van der Waals surface area (Å²) in [4.78, 5) is 2.57. The summed E-state index contributed by atoms with van der Waals surface area (Å²) >= 11 is 0. The van der Waals surface area contributed by atoms with E-state index in [9.17, 15) is 5.11 Å². The Labute approximate surface area is 130 Å². The van der Waals surface area contributed by atoms with Gasteiger partial charge in [-0.3, -0.25) is 4.90 Å². The molecule has 2 N–H and O–H groups in total. The Kier molecular flexibility index (Phi) is 5.23. The van der Waals surface area contributed by atoms with Crippen LogP contribution >= 0.6 is 0 Å². The van der Waals surface area contributed by atoms with Crippen molar-refractivity contribution in [2.75, 3.05) is 13.1 Å². The van der Waals surface area contributed by atoms with E-state index in [2.05, 4.69) is 24.1 Å². The van der Waals surface area contributed by atoms with Crippen molar-refractivity contribution in [2.24, 2.45) is 11.8 Å². The molecule has 0 spiro atoms. The number of likely N-dealkylation sites (tertiary alicyclic amines) is 1. The molecule has 3 nitrogen and oxygen atoms in total. The maximum absolute atomic E-state index is 10.2. The van der Waals surface area contributed by atoms with Crippen molar-refractivity contribution in [3.63, 3.8) is 0 Å². The second kappa shape index (κ2) is 6.97. The average molecular weight is 294 g/mol. The molecule has 2 aliphatic carbocycles. The van der Waals surface area contributed by atoms with Crippen molar-refractivity contribution in [1.82, 2.24) is 10.2 Å². The second-order valence-corrected chi connectivity index (χ2v) is 8.00. The summed E-state index contributed by atoms with van der Waals surface area (Å²) in [7, 11) is 0. The average Bonchev–Trinajstić information content (AvgIpc) is 3.30. The molecule has 0 aromatic heterocycles. The first-order chi connectivity index (χ1) is 10.1. The molecule has 122 valence electrons. The molecule has 3 atom stereocenters. The van der Waals surface area contributed by atoms with E-state index in [1.165, 1.54) is 58.0 Å². The Hall–Kier alpha value is -0.120. The maximum Gasteiger partial charge on any atom is 0.0695 e. The summed E-state index contributed by atoms with van der Waals surface area (Å²) in [6.45, 7) is 7.08. The van der Waals surface area contributed by atoms with E-state index < -0.39 is 0 Å². The lowest BCUT2D eigenvalue weighted by Gasteiger charge is -2.42. The molecule has 0 bridgehead atoms. The summed E-state index contributed by atoms with van der Waals surface area (Å²) in [6, 6.07) is 1.89. The standard InChI is InChI=1S/C18H34N2O/c1-13(2)18(14-7-8-14)19-15-9-11-20(12-10-15)16-5-3-4-6-17(16)21/h13-19,21H,3-12H2,1-2H3. The molecule has 21 heavy (non-hydrogen) atoms. The number of nitrogens with zero attached hydrogens (tertiary/aromatic N) is 1. The summed E-state index contributed by atoms with van der Waals surface area (Å²) in [5.74, 6) is 1.71. The smallest absolute Gasteiger partial charge is 0.0695 e. The number of rotatable bonds is 5. The van der Waals surface area contributed by atoms with E-state index in [-0.39, 0.29) is 6.10 Å². The molecule has 1 saturated heterocycles. The summed E-state index contributed by atoms with van der Waals surface area (Å²) in [5, 5.41) is 14.2. The Balaban J connectivity index is 1.46. The lowest BCUT2D eigenvalue weighted by Crippen LogP contribution is -2.53. The van der Waals surface area contributed by atoms with Crippen LogP contribution in [0.5, 0.6) is 0 Å². The van der Waals surface area contributed by atoms with Gasteiger partial charge in [0.15, 0.2) is 0 Å². The van der Waals surface area contributed by atoms with Crippen LogP contribution < -0.4 is 5.32 Å². The van der Waals surface area contributed by atoms with Crippen molar-refractivity contribution < 1.29 is 5.11 Å². The fourth-order valence-corrected chi connectivity index (χ4v) is 4.52. The minimum Gasteiger partial charge on any atom is -0.391 e. The molecule has 0 aromatic carbocycles. The van der Waals surface area contributed by atoms with E-state index in [0.717, 1.165) is 24.3 Å². The zero-order valence-electron chi connectivity index (χ0n) is 13.9. The SMILES string of the molecule is CC(C)C(NC1CCN(C2CCCCC2O)CC1)C1CC1. The highest BCUT2D eigenvalue weighted by atomic mass is 16.3. The van der Waals surface area contributed by atoms with E-state index in [1.54, 1.807) is 0 Å². The van der Waals surface area contributed by atoms with Gasteiger partial charge >= 0.3 is 0 Å². The van der Waals surface area contributed by atoms with Crippen LogP contribution in [0, 0.1) is 11.8 Å². The highest BCUT2D eigenvalue weighted by molar-refractivity contribution is 4.93. The van der Waals surface area contributed by atoms with Crippen molar-refractivity contribution in [3.8, 4) is 0 Å². The number of aliphatic hydroxyl groups excluding tert-OH is 1. The molecule has 3 heteroatoms. The monoisotopic (exact) mass is 294 g/mol. The van der Waals surface area contributed by atoms with Gasteiger partial charge in [-0.2, -0.15) is 0 Å². The highest BCUT2D eigenvalue weighted by Gasteiger charge is 2.36. The molecule has 3 rings (SSSR count). The largest absolute Gasteiger partial charge is 0.391 e. The van der Waals surface area contributed by atoms with E-state index in [0.29, 0.717) is 12.1 Å². The van der Waals surface area contributed by atoms with Crippen LogP contribution in [0.3, 0.4) is 0 Å². The maximum atomic E-state index is 10.2. The van der Waals surface area contributed by atoms with Crippen LogP contribution in [0.15, 0.2) is 0 Å². The third-order valence-electron chi connectivity index (χ3n) is 5.97. The van der Waals surface area contributed by atoms with Crippen LogP contribution in [0.1, 0.15) is 65.2 Å². The first-order valence-electron chi connectivity index (χ1n) is 9.33. The number of hydrogen-bond acceptors (Lipinski definition) is 3. The van der Waals surface area contributed by atoms with E-state index in [1.807, 2.05) is 0 Å². The number of nitrogens with one attached hydrogen (secondary N) is 1. The van der Waals surface area contributed by atoms with Gasteiger partial charge in [-0.25, -0.2) is 0 Å². The second-order valence-electron chi connectivity index (χ2n) is 8.00. The minimum absolute atomic E-state index is 0.0712. The van der Waals surface area contributed by atoms with Crippen molar-refractivity contribution in [1.29, 1.82) is 0 Å². The third-order valence-corrected chi connectivity index (χ3v) is 5.97. The summed E-state index contributed by atoms with van der Waals surface area (Å²) in [6.07, 6.45) is 10.1. The van der Waals surface area contributed by atoms with Crippen molar-refractivity contribution >= 4 is 0 Å². The molecule has 0 radical (unpaired) electrons. The first-order valence-corrected chi connectivity index (χ1v) is 9.33. The Bertz CT molecular complexity index is 319. The molecule has 0 amide bonds. The zero-order valence-corrected chi connectivity index (χ0v) is 13.9. The molecule has 1 aliphatic heterocycles. The number of piperidine rings is 1. The van der Waals surface area contributed by atoms with Gasteiger partial charge in [-0.1, -0.05) is 26.7 Å². The fourth-order valence-electron chi connectivity index (χ4n) is 4.52. The molecule has 3 fully saturated rings. The van der Waals surface area contributed by atoms with E-state index in [4.69, 9.17) is 0 Å². The molecule has 1 heterocycles. The van der Waals surface area contributed by atoms with Crippen LogP contribution in [0.25, 0.3) is 0 Å². The lowest BCUT2D eigenvalue weighted by atomic mass is 9.89. The molecular formula is C18H34N2O. The number of hydrogen-bond donors (Lipinski definition) is 2. The van der Waals surface area contributed by atoms with Crippen LogP contribution in [-0.4, -0.2) is 47.3 Å².